The number of nitrogens with two attached hydrogens (primary N) is 2. The van der Waals surface area contributed by atoms with Gasteiger partial charge in [0.25, 0.3) is 0 Å². The normalized spacial score (nSPS) is 19.1. The number of primary amides is 1. The van der Waals surface area contributed by atoms with Crippen molar-refractivity contribution < 1.29 is 13.6 Å². The monoisotopic (exact) mass is 226 g/mol. The van der Waals surface area contributed by atoms with Crippen molar-refractivity contribution in [3.8, 4) is 0 Å². The van der Waals surface area contributed by atoms with E-state index in [-0.39, 0.29) is 24.3 Å². The molecule has 86 valence electrons. The molecule has 0 spiro atoms. The third-order valence-corrected chi connectivity index (χ3v) is 2.87. The number of carbonyl (C=O) groups is 1. The van der Waals surface area contributed by atoms with Crippen LogP contribution in [0.1, 0.15) is 34.7 Å². The lowest BCUT2D eigenvalue weighted by Gasteiger charge is -2.36. The molecule has 5 heteroatoms. The van der Waals surface area contributed by atoms with Crippen molar-refractivity contribution >= 4 is 11.6 Å². The average Bonchev–Trinajstić information content (AvgIpc) is 2.14. The van der Waals surface area contributed by atoms with Gasteiger partial charge in [0.15, 0.2) is 0 Å². The SMILES string of the molecule is NC(=O)c1cc(N)ccc1C1CC(F)(F)C1. The summed E-state index contributed by atoms with van der Waals surface area (Å²) in [6.07, 6.45) is -0.450. The molecule has 0 bridgehead atoms. The van der Waals surface area contributed by atoms with Gasteiger partial charge in [-0.2, -0.15) is 0 Å². The second kappa shape index (κ2) is 3.43. The molecule has 1 aliphatic carbocycles. The van der Waals surface area contributed by atoms with Crippen molar-refractivity contribution in [3.05, 3.63) is 29.3 Å². The first-order chi connectivity index (χ1) is 7.39. The molecule has 1 aromatic rings. The van der Waals surface area contributed by atoms with E-state index in [1.165, 1.54) is 6.07 Å². The van der Waals surface area contributed by atoms with Crippen LogP contribution in [0.4, 0.5) is 14.5 Å². The first-order valence-corrected chi connectivity index (χ1v) is 4.96. The van der Waals surface area contributed by atoms with Gasteiger partial charge in [0.1, 0.15) is 0 Å². The summed E-state index contributed by atoms with van der Waals surface area (Å²) in [6, 6.07) is 4.64. The predicted molar refractivity (Wildman–Crippen MR) is 56.3 cm³/mol. The fourth-order valence-corrected chi connectivity index (χ4v) is 2.02. The van der Waals surface area contributed by atoms with E-state index in [1.54, 1.807) is 12.1 Å². The zero-order chi connectivity index (χ0) is 11.9. The van der Waals surface area contributed by atoms with Crippen LogP contribution in [0.2, 0.25) is 0 Å². The lowest BCUT2D eigenvalue weighted by atomic mass is 9.75. The second-order valence-corrected chi connectivity index (χ2v) is 4.17. The predicted octanol–water partition coefficient (Wildman–Crippen LogP) is 1.88. The third kappa shape index (κ3) is 1.85. The highest BCUT2D eigenvalue weighted by Crippen LogP contribution is 2.49. The van der Waals surface area contributed by atoms with E-state index in [0.29, 0.717) is 11.3 Å². The lowest BCUT2D eigenvalue weighted by molar-refractivity contribution is -0.0868. The van der Waals surface area contributed by atoms with Crippen LogP contribution in [-0.2, 0) is 0 Å². The molecule has 1 aliphatic rings. The molecule has 0 radical (unpaired) electrons. The van der Waals surface area contributed by atoms with E-state index in [1.807, 2.05) is 0 Å². The third-order valence-electron chi connectivity index (χ3n) is 2.87. The van der Waals surface area contributed by atoms with Crippen LogP contribution in [-0.4, -0.2) is 11.8 Å². The Labute approximate surface area is 91.4 Å². The number of halogens is 2. The number of anilines is 1. The summed E-state index contributed by atoms with van der Waals surface area (Å²) in [5.41, 5.74) is 11.9. The molecule has 1 saturated carbocycles. The number of amides is 1. The van der Waals surface area contributed by atoms with E-state index in [2.05, 4.69) is 0 Å². The number of hydrogen-bond acceptors (Lipinski definition) is 2. The standard InChI is InChI=1S/C11H12F2N2O/c12-11(13)4-6(5-11)8-2-1-7(14)3-9(8)10(15)16/h1-3,6H,4-5,14H2,(H2,15,16). The lowest BCUT2D eigenvalue weighted by Crippen LogP contribution is -2.34. The van der Waals surface area contributed by atoms with Gasteiger partial charge in [-0.15, -0.1) is 0 Å². The van der Waals surface area contributed by atoms with Crippen LogP contribution in [0.25, 0.3) is 0 Å². The quantitative estimate of drug-likeness (QED) is 0.756. The van der Waals surface area contributed by atoms with Gasteiger partial charge >= 0.3 is 0 Å². The van der Waals surface area contributed by atoms with Gasteiger partial charge in [-0.05, 0) is 23.6 Å². The summed E-state index contributed by atoms with van der Waals surface area (Å²) >= 11 is 0. The Balaban J connectivity index is 2.31. The molecule has 16 heavy (non-hydrogen) atoms. The average molecular weight is 226 g/mol. The molecule has 0 atom stereocenters. The van der Waals surface area contributed by atoms with Gasteiger partial charge < -0.3 is 11.5 Å². The fraction of sp³-hybridized carbons (Fsp3) is 0.364. The van der Waals surface area contributed by atoms with E-state index in [9.17, 15) is 13.6 Å². The molecule has 0 aromatic heterocycles. The highest BCUT2D eigenvalue weighted by Gasteiger charge is 2.46. The van der Waals surface area contributed by atoms with Gasteiger partial charge in [0, 0.05) is 24.1 Å². The summed E-state index contributed by atoms with van der Waals surface area (Å²) in [6.45, 7) is 0. The highest BCUT2D eigenvalue weighted by molar-refractivity contribution is 5.95. The van der Waals surface area contributed by atoms with E-state index in [0.717, 1.165) is 0 Å². The van der Waals surface area contributed by atoms with Crippen molar-refractivity contribution in [3.63, 3.8) is 0 Å². The molecule has 0 aliphatic heterocycles. The molecule has 0 unspecified atom stereocenters. The van der Waals surface area contributed by atoms with Crippen LogP contribution in [0.15, 0.2) is 18.2 Å². The smallest absolute Gasteiger partial charge is 0.249 e. The number of nitrogen functional groups attached to an aromatic ring is 1. The molecule has 0 heterocycles. The van der Waals surface area contributed by atoms with Gasteiger partial charge in [-0.3, -0.25) is 4.79 Å². The molecule has 1 aromatic carbocycles. The number of alkyl halides is 2. The Morgan fingerprint density at radius 3 is 2.50 bits per heavy atom. The molecule has 4 N–H and O–H groups in total. The van der Waals surface area contributed by atoms with Gasteiger partial charge in [0.05, 0.1) is 0 Å². The van der Waals surface area contributed by atoms with Crippen molar-refractivity contribution in [2.45, 2.75) is 24.7 Å². The number of carbonyl (C=O) groups excluding carboxylic acids is 1. The number of benzene rings is 1. The highest BCUT2D eigenvalue weighted by atomic mass is 19.3. The minimum Gasteiger partial charge on any atom is -0.399 e. The second-order valence-electron chi connectivity index (χ2n) is 4.17. The maximum absolute atomic E-state index is 12.7. The molecule has 1 fully saturated rings. The number of rotatable bonds is 2. The Morgan fingerprint density at radius 1 is 1.38 bits per heavy atom. The Kier molecular flexibility index (Phi) is 2.33. The molecular weight excluding hydrogens is 214 g/mol. The zero-order valence-electron chi connectivity index (χ0n) is 8.54. The first kappa shape index (κ1) is 10.9. The molecular formula is C11H12F2N2O. The van der Waals surface area contributed by atoms with Crippen molar-refractivity contribution in [1.82, 2.24) is 0 Å². The molecule has 1 amide bonds. The summed E-state index contributed by atoms with van der Waals surface area (Å²) in [7, 11) is 0. The Morgan fingerprint density at radius 2 is 2.00 bits per heavy atom. The first-order valence-electron chi connectivity index (χ1n) is 4.96. The van der Waals surface area contributed by atoms with E-state index in [4.69, 9.17) is 11.5 Å². The van der Waals surface area contributed by atoms with Crippen LogP contribution in [0, 0.1) is 0 Å². The van der Waals surface area contributed by atoms with Crippen LogP contribution in [0.3, 0.4) is 0 Å². The van der Waals surface area contributed by atoms with Crippen LogP contribution >= 0.6 is 0 Å². The van der Waals surface area contributed by atoms with E-state index < -0.39 is 11.8 Å². The van der Waals surface area contributed by atoms with Gasteiger partial charge in [-0.1, -0.05) is 6.07 Å². The maximum atomic E-state index is 12.7. The van der Waals surface area contributed by atoms with Gasteiger partial charge in [0.2, 0.25) is 11.8 Å². The fourth-order valence-electron chi connectivity index (χ4n) is 2.02. The largest absolute Gasteiger partial charge is 0.399 e. The Bertz CT molecular complexity index is 438. The summed E-state index contributed by atoms with van der Waals surface area (Å²) in [4.78, 5) is 11.2. The number of hydrogen-bond donors (Lipinski definition) is 2. The van der Waals surface area contributed by atoms with Crippen LogP contribution in [0.5, 0.6) is 0 Å². The minimum absolute atomic E-state index is 0.225. The summed E-state index contributed by atoms with van der Waals surface area (Å²) in [5.74, 6) is -3.53. The minimum atomic E-state index is -2.61. The molecule has 2 rings (SSSR count). The molecule has 3 nitrogen and oxygen atoms in total. The van der Waals surface area contributed by atoms with Gasteiger partial charge in [-0.25, -0.2) is 8.78 Å². The van der Waals surface area contributed by atoms with Crippen LogP contribution < -0.4 is 11.5 Å². The van der Waals surface area contributed by atoms with Crippen molar-refractivity contribution in [2.75, 3.05) is 5.73 Å². The molecule has 0 saturated heterocycles. The van der Waals surface area contributed by atoms with E-state index >= 15 is 0 Å². The zero-order valence-corrected chi connectivity index (χ0v) is 8.54. The summed E-state index contributed by atoms with van der Waals surface area (Å²) < 4.78 is 25.5. The van der Waals surface area contributed by atoms with Crippen molar-refractivity contribution in [1.29, 1.82) is 0 Å². The van der Waals surface area contributed by atoms with Crippen molar-refractivity contribution in [2.24, 2.45) is 5.73 Å². The topological polar surface area (TPSA) is 69.1 Å². The summed E-state index contributed by atoms with van der Waals surface area (Å²) in [5, 5.41) is 0. The maximum Gasteiger partial charge on any atom is 0.249 e. The Hall–Kier alpha value is -1.65.